The minimum absolute atomic E-state index is 0.000293. The Labute approximate surface area is 264 Å². The molecule has 5 aromatic rings. The van der Waals surface area contributed by atoms with Gasteiger partial charge in [0.1, 0.15) is 11.9 Å². The van der Waals surface area contributed by atoms with Gasteiger partial charge in [0.15, 0.2) is 0 Å². The predicted octanol–water partition coefficient (Wildman–Crippen LogP) is 7.73. The highest BCUT2D eigenvalue weighted by molar-refractivity contribution is 7.92. The van der Waals surface area contributed by atoms with Crippen LogP contribution in [0.4, 0.5) is 17.1 Å². The first-order valence-electron chi connectivity index (χ1n) is 14.9. The third-order valence-corrected chi connectivity index (χ3v) is 9.49. The lowest BCUT2D eigenvalue weighted by Gasteiger charge is -2.46. The number of anilines is 3. The number of hydrogen-bond donors (Lipinski definition) is 1. The summed E-state index contributed by atoms with van der Waals surface area (Å²) in [6, 6.07) is 37.7. The zero-order chi connectivity index (χ0) is 31.6. The Balaban J connectivity index is 1.50. The van der Waals surface area contributed by atoms with E-state index in [0.717, 1.165) is 28.8 Å². The van der Waals surface area contributed by atoms with Crippen molar-refractivity contribution in [2.75, 3.05) is 21.6 Å². The molecule has 1 atom stereocenters. The molecule has 8 heteroatoms. The van der Waals surface area contributed by atoms with Crippen molar-refractivity contribution in [1.29, 1.82) is 0 Å². The van der Waals surface area contributed by atoms with E-state index in [9.17, 15) is 13.2 Å². The number of sulfonamides is 1. The summed E-state index contributed by atoms with van der Waals surface area (Å²) < 4.78 is 35.0. The lowest BCUT2D eigenvalue weighted by Crippen LogP contribution is -2.49. The van der Waals surface area contributed by atoms with E-state index in [4.69, 9.17) is 4.74 Å². The van der Waals surface area contributed by atoms with Crippen LogP contribution in [0.5, 0.6) is 5.75 Å². The van der Waals surface area contributed by atoms with E-state index in [-0.39, 0.29) is 10.8 Å². The molecule has 0 bridgehead atoms. The summed E-state index contributed by atoms with van der Waals surface area (Å²) in [4.78, 5) is 18.5. The molecule has 0 aliphatic carbocycles. The average Bonchev–Trinajstić information content (AvgIpc) is 3.07. The predicted molar refractivity (Wildman–Crippen MR) is 179 cm³/mol. The summed E-state index contributed by atoms with van der Waals surface area (Å²) in [6.07, 6.45) is 0.433. The molecule has 228 valence electrons. The monoisotopic (exact) mass is 617 g/mol. The minimum Gasteiger partial charge on any atom is -0.497 e. The highest BCUT2D eigenvalue weighted by Gasteiger charge is 2.40. The Kier molecular flexibility index (Phi) is 8.32. The van der Waals surface area contributed by atoms with Crippen LogP contribution in [0.3, 0.4) is 0 Å². The third kappa shape index (κ3) is 6.14. The van der Waals surface area contributed by atoms with Gasteiger partial charge in [-0.25, -0.2) is 8.42 Å². The number of hydrogen-bond acceptors (Lipinski definition) is 5. The Morgan fingerprint density at radius 3 is 2.13 bits per heavy atom. The van der Waals surface area contributed by atoms with Gasteiger partial charge in [0.2, 0.25) is 0 Å². The molecular weight excluding hydrogens is 582 g/mol. The molecule has 1 N–H and O–H groups in total. The summed E-state index contributed by atoms with van der Waals surface area (Å²) in [7, 11) is -2.46. The van der Waals surface area contributed by atoms with E-state index in [1.807, 2.05) is 49.4 Å². The summed E-state index contributed by atoms with van der Waals surface area (Å²) in [6.45, 7) is 4.62. The molecule has 1 aliphatic heterocycles. The summed E-state index contributed by atoms with van der Waals surface area (Å²) >= 11 is 0. The molecule has 1 amide bonds. The van der Waals surface area contributed by atoms with Crippen molar-refractivity contribution >= 4 is 33.0 Å². The number of fused-ring (bicyclic) bond motifs is 1. The van der Waals surface area contributed by atoms with Gasteiger partial charge in [0.25, 0.3) is 15.9 Å². The van der Waals surface area contributed by atoms with Gasteiger partial charge >= 0.3 is 0 Å². The Hall–Kier alpha value is -5.08. The molecule has 0 spiro atoms. The van der Waals surface area contributed by atoms with E-state index in [0.29, 0.717) is 29.2 Å². The highest BCUT2D eigenvalue weighted by Crippen LogP contribution is 2.43. The molecule has 6 rings (SSSR count). The van der Waals surface area contributed by atoms with E-state index in [2.05, 4.69) is 52.9 Å². The summed E-state index contributed by atoms with van der Waals surface area (Å²) in [5.41, 5.74) is 6.40. The average molecular weight is 618 g/mol. The maximum Gasteiger partial charge on any atom is 0.262 e. The van der Waals surface area contributed by atoms with Crippen LogP contribution in [-0.4, -0.2) is 21.4 Å². The van der Waals surface area contributed by atoms with Gasteiger partial charge in [-0.1, -0.05) is 79.2 Å². The van der Waals surface area contributed by atoms with Crippen molar-refractivity contribution in [3.63, 3.8) is 0 Å². The number of carbonyl (C=O) groups excluding carboxylic acids is 1. The van der Waals surface area contributed by atoms with Crippen molar-refractivity contribution in [1.82, 2.24) is 0 Å². The molecular formula is C37H35N3O4S. The number of amides is 1. The van der Waals surface area contributed by atoms with Gasteiger partial charge in [-0.05, 0) is 84.6 Å². The lowest BCUT2D eigenvalue weighted by molar-refractivity contribution is 0.0968. The van der Waals surface area contributed by atoms with Crippen LogP contribution < -0.4 is 19.3 Å². The second kappa shape index (κ2) is 12.5. The quantitative estimate of drug-likeness (QED) is 0.183. The van der Waals surface area contributed by atoms with Gasteiger partial charge < -0.3 is 9.64 Å². The first-order valence-corrected chi connectivity index (χ1v) is 16.4. The molecule has 7 nitrogen and oxygen atoms in total. The normalized spacial score (nSPS) is 14.6. The van der Waals surface area contributed by atoms with Gasteiger partial charge in [0, 0.05) is 17.9 Å². The molecule has 0 saturated heterocycles. The number of nitrogens with zero attached hydrogens (tertiary/aromatic N) is 2. The van der Waals surface area contributed by atoms with Crippen LogP contribution in [0, 0.1) is 6.92 Å². The summed E-state index contributed by atoms with van der Waals surface area (Å²) in [5, 5.41) is 0. The van der Waals surface area contributed by atoms with Crippen LogP contribution in [0.1, 0.15) is 45.7 Å². The zero-order valence-electron chi connectivity index (χ0n) is 25.5. The van der Waals surface area contributed by atoms with Crippen molar-refractivity contribution in [2.45, 2.75) is 37.9 Å². The SMILES string of the molecule is CCc1ccc([C@@H]2N(Cc3ccccc3)c3ccc(S(=O)(=O)Nc4ccc(OC)cc4)cc3C(=O)N2c2ccc(C)cc2)cc1. The number of ether oxygens (including phenoxy) is 1. The Morgan fingerprint density at radius 1 is 0.800 bits per heavy atom. The molecule has 1 aliphatic rings. The Morgan fingerprint density at radius 2 is 1.49 bits per heavy atom. The van der Waals surface area contributed by atoms with Crippen molar-refractivity contribution in [3.8, 4) is 5.75 Å². The van der Waals surface area contributed by atoms with E-state index < -0.39 is 16.2 Å². The van der Waals surface area contributed by atoms with Gasteiger partial charge in [0.05, 0.1) is 23.3 Å². The van der Waals surface area contributed by atoms with Gasteiger partial charge in [-0.3, -0.25) is 14.4 Å². The van der Waals surface area contributed by atoms with Gasteiger partial charge in [-0.2, -0.15) is 0 Å². The second-order valence-corrected chi connectivity index (χ2v) is 12.8. The molecule has 45 heavy (non-hydrogen) atoms. The molecule has 0 saturated carbocycles. The lowest BCUT2D eigenvalue weighted by atomic mass is 9.98. The fraction of sp³-hybridized carbons (Fsp3) is 0.162. The van der Waals surface area contributed by atoms with E-state index >= 15 is 0 Å². The summed E-state index contributed by atoms with van der Waals surface area (Å²) in [5.74, 6) is 0.343. The second-order valence-electron chi connectivity index (χ2n) is 11.1. The number of aryl methyl sites for hydroxylation is 2. The number of nitrogens with one attached hydrogen (secondary N) is 1. The standard InChI is InChI=1S/C37H35N3O4S/c1-4-27-12-14-29(15-13-27)36-39(25-28-8-6-5-7-9-28)35-23-22-33(45(42,43)38-30-16-20-32(44-3)21-17-30)24-34(35)37(41)40(36)31-18-10-26(2)11-19-31/h5-24,36,38H,4,25H2,1-3H3/t36-/m1/s1. The number of carbonyl (C=O) groups is 1. The highest BCUT2D eigenvalue weighted by atomic mass is 32.2. The number of methoxy groups -OCH3 is 1. The molecule has 1 heterocycles. The topological polar surface area (TPSA) is 79.0 Å². The minimum atomic E-state index is -4.01. The molecule has 5 aromatic carbocycles. The van der Waals surface area contributed by atoms with Gasteiger partial charge in [-0.15, -0.1) is 0 Å². The molecule has 0 unspecified atom stereocenters. The maximum absolute atomic E-state index is 14.6. The Bertz CT molecular complexity index is 1910. The van der Waals surface area contributed by atoms with E-state index in [1.54, 1.807) is 48.4 Å². The molecule has 0 fully saturated rings. The number of benzene rings is 5. The van der Waals surface area contributed by atoms with Crippen molar-refractivity contribution < 1.29 is 17.9 Å². The number of rotatable bonds is 9. The van der Waals surface area contributed by atoms with Crippen LogP contribution in [-0.2, 0) is 23.0 Å². The van der Waals surface area contributed by atoms with Crippen molar-refractivity contribution in [3.05, 3.63) is 149 Å². The maximum atomic E-state index is 14.6. The first kappa shape index (κ1) is 30.0. The third-order valence-electron chi connectivity index (χ3n) is 8.11. The molecule has 0 aromatic heterocycles. The first-order chi connectivity index (χ1) is 21.8. The largest absolute Gasteiger partial charge is 0.497 e. The smallest absolute Gasteiger partial charge is 0.262 e. The van der Waals surface area contributed by atoms with Crippen LogP contribution in [0.25, 0.3) is 0 Å². The van der Waals surface area contributed by atoms with Crippen LogP contribution >= 0.6 is 0 Å². The zero-order valence-corrected chi connectivity index (χ0v) is 26.3. The van der Waals surface area contributed by atoms with Crippen LogP contribution in [0.2, 0.25) is 0 Å². The van der Waals surface area contributed by atoms with E-state index in [1.165, 1.54) is 11.6 Å². The van der Waals surface area contributed by atoms with Crippen LogP contribution in [0.15, 0.2) is 126 Å². The molecule has 0 radical (unpaired) electrons. The fourth-order valence-corrected chi connectivity index (χ4v) is 6.74. The fourth-order valence-electron chi connectivity index (χ4n) is 5.66. The van der Waals surface area contributed by atoms with Crippen molar-refractivity contribution in [2.24, 2.45) is 0 Å².